The number of carboxylic acid groups (broad SMARTS) is 1. The van der Waals surface area contributed by atoms with Gasteiger partial charge in [-0.15, -0.1) is 0 Å². The molecular weight excluding hydrogens is 266 g/mol. The summed E-state index contributed by atoms with van der Waals surface area (Å²) in [6.45, 7) is 0.638. The summed E-state index contributed by atoms with van der Waals surface area (Å²) in [4.78, 5) is 11.0. The van der Waals surface area contributed by atoms with Crippen molar-refractivity contribution in [2.24, 2.45) is 11.8 Å². The summed E-state index contributed by atoms with van der Waals surface area (Å²) in [5.74, 6) is -0.676. The second kappa shape index (κ2) is 6.22. The molecule has 0 radical (unpaired) electrons. The van der Waals surface area contributed by atoms with Crippen molar-refractivity contribution in [2.45, 2.75) is 44.9 Å². The van der Waals surface area contributed by atoms with E-state index in [1.807, 2.05) is 0 Å². The Morgan fingerprint density at radius 1 is 1.16 bits per heavy atom. The van der Waals surface area contributed by atoms with Crippen LogP contribution in [-0.4, -0.2) is 42.6 Å². The summed E-state index contributed by atoms with van der Waals surface area (Å²) >= 11 is 0. The van der Waals surface area contributed by atoms with Crippen LogP contribution < -0.4 is 0 Å². The van der Waals surface area contributed by atoms with Crippen molar-refractivity contribution in [2.75, 3.05) is 18.8 Å². The molecule has 1 atom stereocenters. The van der Waals surface area contributed by atoms with Gasteiger partial charge in [-0.05, 0) is 25.2 Å². The lowest BCUT2D eigenvalue weighted by Gasteiger charge is -2.30. The quantitative estimate of drug-likeness (QED) is 0.836. The van der Waals surface area contributed by atoms with Gasteiger partial charge in [0.05, 0.1) is 11.7 Å². The Hall–Kier alpha value is -0.620. The number of rotatable bonds is 5. The highest BCUT2D eigenvalue weighted by atomic mass is 32.2. The topological polar surface area (TPSA) is 74.7 Å². The molecule has 0 aromatic rings. The van der Waals surface area contributed by atoms with E-state index >= 15 is 0 Å². The molecule has 5 nitrogen and oxygen atoms in total. The molecular formula is C13H23NO4S. The predicted molar refractivity (Wildman–Crippen MR) is 72.3 cm³/mol. The number of carboxylic acids is 1. The van der Waals surface area contributed by atoms with Gasteiger partial charge in [0.25, 0.3) is 0 Å². The SMILES string of the molecule is O=C(O)C1CCCN(S(=O)(=O)CCC2CCCC2)C1. The molecule has 2 aliphatic rings. The Kier molecular flexibility index (Phi) is 4.84. The maximum absolute atomic E-state index is 12.2. The average molecular weight is 289 g/mol. The minimum Gasteiger partial charge on any atom is -0.481 e. The number of carbonyl (C=O) groups is 1. The van der Waals surface area contributed by atoms with Crippen molar-refractivity contribution in [3.63, 3.8) is 0 Å². The third-order valence-electron chi connectivity index (χ3n) is 4.39. The molecule has 1 saturated carbocycles. The first kappa shape index (κ1) is 14.8. The molecule has 1 unspecified atom stereocenters. The monoisotopic (exact) mass is 289 g/mol. The average Bonchev–Trinajstić information content (AvgIpc) is 2.90. The van der Waals surface area contributed by atoms with Crippen LogP contribution in [0.4, 0.5) is 0 Å². The van der Waals surface area contributed by atoms with Gasteiger partial charge in [0, 0.05) is 13.1 Å². The van der Waals surface area contributed by atoms with Gasteiger partial charge in [-0.25, -0.2) is 12.7 Å². The van der Waals surface area contributed by atoms with Gasteiger partial charge in [-0.2, -0.15) is 0 Å². The van der Waals surface area contributed by atoms with Gasteiger partial charge >= 0.3 is 5.97 Å². The van der Waals surface area contributed by atoms with E-state index in [2.05, 4.69) is 0 Å². The van der Waals surface area contributed by atoms with Crippen LogP contribution in [0.3, 0.4) is 0 Å². The third-order valence-corrected chi connectivity index (χ3v) is 6.26. The van der Waals surface area contributed by atoms with Crippen LogP contribution in [0.5, 0.6) is 0 Å². The molecule has 0 aromatic carbocycles. The Morgan fingerprint density at radius 3 is 2.47 bits per heavy atom. The smallest absolute Gasteiger partial charge is 0.307 e. The zero-order valence-corrected chi connectivity index (χ0v) is 12.1. The van der Waals surface area contributed by atoms with Crippen molar-refractivity contribution < 1.29 is 18.3 Å². The van der Waals surface area contributed by atoms with Crippen LogP contribution in [0.2, 0.25) is 0 Å². The normalized spacial score (nSPS) is 26.6. The summed E-state index contributed by atoms with van der Waals surface area (Å²) < 4.78 is 25.9. The van der Waals surface area contributed by atoms with E-state index in [0.717, 1.165) is 19.3 Å². The van der Waals surface area contributed by atoms with Crippen LogP contribution >= 0.6 is 0 Å². The number of aliphatic carboxylic acids is 1. The molecule has 0 bridgehead atoms. The first-order valence-electron chi connectivity index (χ1n) is 7.19. The summed E-state index contributed by atoms with van der Waals surface area (Å²) in [6, 6.07) is 0. The number of piperidine rings is 1. The fourth-order valence-corrected chi connectivity index (χ4v) is 4.84. The molecule has 2 rings (SSSR count). The molecule has 1 N–H and O–H groups in total. The second-order valence-corrected chi connectivity index (χ2v) is 7.88. The van der Waals surface area contributed by atoms with Gasteiger partial charge in [-0.3, -0.25) is 4.79 Å². The van der Waals surface area contributed by atoms with Gasteiger partial charge in [0.2, 0.25) is 10.0 Å². The number of nitrogens with zero attached hydrogens (tertiary/aromatic N) is 1. The van der Waals surface area contributed by atoms with Crippen molar-refractivity contribution in [3.05, 3.63) is 0 Å². The van der Waals surface area contributed by atoms with E-state index in [-0.39, 0.29) is 12.3 Å². The van der Waals surface area contributed by atoms with Crippen molar-refractivity contribution in [3.8, 4) is 0 Å². The summed E-state index contributed by atoms with van der Waals surface area (Å²) in [6.07, 6.45) is 6.70. The molecule has 1 aliphatic heterocycles. The van der Waals surface area contributed by atoms with E-state index in [9.17, 15) is 13.2 Å². The highest BCUT2D eigenvalue weighted by Gasteiger charge is 2.32. The molecule has 110 valence electrons. The molecule has 19 heavy (non-hydrogen) atoms. The fraction of sp³-hybridized carbons (Fsp3) is 0.923. The highest BCUT2D eigenvalue weighted by Crippen LogP contribution is 2.28. The van der Waals surface area contributed by atoms with Crippen LogP contribution in [0.25, 0.3) is 0 Å². The summed E-state index contributed by atoms with van der Waals surface area (Å²) in [7, 11) is -3.27. The first-order valence-corrected chi connectivity index (χ1v) is 8.80. The van der Waals surface area contributed by atoms with Crippen molar-refractivity contribution >= 4 is 16.0 Å². The standard InChI is InChI=1S/C13H23NO4S/c15-13(16)12-6-3-8-14(10-12)19(17,18)9-7-11-4-1-2-5-11/h11-12H,1-10H2,(H,15,16). The Morgan fingerprint density at radius 2 is 1.84 bits per heavy atom. The lowest BCUT2D eigenvalue weighted by molar-refractivity contribution is -0.142. The van der Waals surface area contributed by atoms with E-state index in [0.29, 0.717) is 25.3 Å². The molecule has 0 spiro atoms. The largest absolute Gasteiger partial charge is 0.481 e. The zero-order chi connectivity index (χ0) is 13.9. The molecule has 0 aromatic heterocycles. The van der Waals surface area contributed by atoms with Crippen LogP contribution in [-0.2, 0) is 14.8 Å². The van der Waals surface area contributed by atoms with Gasteiger partial charge < -0.3 is 5.11 Å². The fourth-order valence-electron chi connectivity index (χ4n) is 3.14. The third kappa shape index (κ3) is 3.92. The van der Waals surface area contributed by atoms with Crippen LogP contribution in [0.15, 0.2) is 0 Å². The van der Waals surface area contributed by atoms with Gasteiger partial charge in [-0.1, -0.05) is 25.7 Å². The maximum Gasteiger partial charge on any atom is 0.307 e. The maximum atomic E-state index is 12.2. The Labute approximate surface area is 115 Å². The first-order chi connectivity index (χ1) is 8.99. The molecule has 6 heteroatoms. The van der Waals surface area contributed by atoms with Crippen LogP contribution in [0, 0.1) is 11.8 Å². The Balaban J connectivity index is 1.88. The molecule has 1 saturated heterocycles. The summed E-state index contributed by atoms with van der Waals surface area (Å²) in [5.41, 5.74) is 0. The number of sulfonamides is 1. The molecule has 1 heterocycles. The van der Waals surface area contributed by atoms with Gasteiger partial charge in [0.1, 0.15) is 0 Å². The van der Waals surface area contributed by atoms with Crippen molar-refractivity contribution in [1.29, 1.82) is 0 Å². The van der Waals surface area contributed by atoms with E-state index in [4.69, 9.17) is 5.11 Å². The Bertz CT molecular complexity index is 414. The minimum absolute atomic E-state index is 0.155. The second-order valence-electron chi connectivity index (χ2n) is 5.79. The lowest BCUT2D eigenvalue weighted by Crippen LogP contribution is -2.43. The van der Waals surface area contributed by atoms with Crippen molar-refractivity contribution in [1.82, 2.24) is 4.31 Å². The van der Waals surface area contributed by atoms with Gasteiger partial charge in [0.15, 0.2) is 0 Å². The molecule has 1 aliphatic carbocycles. The number of hydrogen-bond acceptors (Lipinski definition) is 3. The lowest BCUT2D eigenvalue weighted by atomic mass is 10.0. The molecule has 0 amide bonds. The highest BCUT2D eigenvalue weighted by molar-refractivity contribution is 7.89. The summed E-state index contributed by atoms with van der Waals surface area (Å²) in [5, 5.41) is 9.00. The number of hydrogen-bond donors (Lipinski definition) is 1. The predicted octanol–water partition coefficient (Wildman–Crippen LogP) is 1.69. The zero-order valence-electron chi connectivity index (χ0n) is 11.3. The van der Waals surface area contributed by atoms with E-state index in [1.54, 1.807) is 0 Å². The van der Waals surface area contributed by atoms with Crippen LogP contribution in [0.1, 0.15) is 44.9 Å². The molecule has 2 fully saturated rings. The minimum atomic E-state index is -3.27. The van der Waals surface area contributed by atoms with E-state index < -0.39 is 21.9 Å². The van der Waals surface area contributed by atoms with E-state index in [1.165, 1.54) is 17.1 Å².